The smallest absolute Gasteiger partial charge is 0.153 e. The van der Waals surface area contributed by atoms with Crippen LogP contribution in [0, 0.1) is 13.8 Å². The molecule has 0 saturated carbocycles. The molecule has 0 unspecified atom stereocenters. The number of rotatable bonds is 8. The maximum Gasteiger partial charge on any atom is 0.153 e. The van der Waals surface area contributed by atoms with Crippen molar-refractivity contribution in [1.29, 1.82) is 0 Å². The highest BCUT2D eigenvalue weighted by molar-refractivity contribution is 5.88. The summed E-state index contributed by atoms with van der Waals surface area (Å²) in [7, 11) is 1.60. The molecule has 0 fully saturated rings. The number of anilines is 4. The molecule has 0 radical (unpaired) electrons. The fraction of sp³-hybridized carbons (Fsp3) is 0.231. The predicted molar refractivity (Wildman–Crippen MR) is 136 cm³/mol. The summed E-state index contributed by atoms with van der Waals surface area (Å²) in [5.74, 6) is 2.68. The molecule has 35 heavy (non-hydrogen) atoms. The zero-order valence-corrected chi connectivity index (χ0v) is 20.3. The summed E-state index contributed by atoms with van der Waals surface area (Å²) in [6, 6.07) is 9.26. The molecule has 9 nitrogen and oxygen atoms in total. The number of aromatic nitrogens is 5. The molecule has 0 saturated heterocycles. The number of methoxy groups -OCH3 is 1. The molecule has 4 rings (SSSR count). The standard InChI is InChI=1S/C26H27N7O2/c1-15(2)22-12-28-23(13-27-22)19-7-6-8-20(26(19)35-5)32-21-10-24(29-11-18(21)14-34)33-25-9-16(3)30-17(4)31-25/h6-15H,1-5H3,(H2,29,30,31,32,33). The van der Waals surface area contributed by atoms with Crippen molar-refractivity contribution < 1.29 is 9.53 Å². The maximum atomic E-state index is 11.7. The summed E-state index contributed by atoms with van der Waals surface area (Å²) in [5, 5.41) is 6.49. The fourth-order valence-electron chi connectivity index (χ4n) is 3.63. The molecule has 0 aliphatic carbocycles. The summed E-state index contributed by atoms with van der Waals surface area (Å²) < 4.78 is 5.74. The highest BCUT2D eigenvalue weighted by Gasteiger charge is 2.15. The van der Waals surface area contributed by atoms with E-state index in [0.29, 0.717) is 45.8 Å². The second-order valence-corrected chi connectivity index (χ2v) is 8.33. The summed E-state index contributed by atoms with van der Waals surface area (Å²) in [4.78, 5) is 33.9. The van der Waals surface area contributed by atoms with Gasteiger partial charge in [0.1, 0.15) is 17.5 Å². The van der Waals surface area contributed by atoms with E-state index < -0.39 is 0 Å². The molecule has 1 aromatic carbocycles. The Morgan fingerprint density at radius 3 is 2.40 bits per heavy atom. The van der Waals surface area contributed by atoms with Crippen LogP contribution in [0.3, 0.4) is 0 Å². The first-order valence-electron chi connectivity index (χ1n) is 11.2. The fourth-order valence-corrected chi connectivity index (χ4v) is 3.63. The molecule has 178 valence electrons. The Morgan fingerprint density at radius 2 is 1.74 bits per heavy atom. The zero-order valence-electron chi connectivity index (χ0n) is 20.3. The van der Waals surface area contributed by atoms with Gasteiger partial charge in [0, 0.05) is 35.8 Å². The first-order chi connectivity index (χ1) is 16.9. The van der Waals surface area contributed by atoms with Gasteiger partial charge in [0.15, 0.2) is 12.0 Å². The average Bonchev–Trinajstić information content (AvgIpc) is 2.83. The number of aryl methyl sites for hydroxylation is 2. The Labute approximate surface area is 204 Å². The van der Waals surface area contributed by atoms with Crippen molar-refractivity contribution in [3.63, 3.8) is 0 Å². The first-order valence-corrected chi connectivity index (χ1v) is 11.2. The molecule has 0 aliphatic heterocycles. The lowest BCUT2D eigenvalue weighted by Crippen LogP contribution is -2.04. The van der Waals surface area contributed by atoms with E-state index in [1.807, 2.05) is 38.1 Å². The number of hydrogen-bond donors (Lipinski definition) is 2. The highest BCUT2D eigenvalue weighted by atomic mass is 16.5. The summed E-state index contributed by atoms with van der Waals surface area (Å²) >= 11 is 0. The van der Waals surface area contributed by atoms with Crippen molar-refractivity contribution in [2.75, 3.05) is 17.7 Å². The Hall–Kier alpha value is -4.40. The van der Waals surface area contributed by atoms with Gasteiger partial charge in [-0.3, -0.25) is 14.8 Å². The van der Waals surface area contributed by atoms with Crippen LogP contribution in [-0.2, 0) is 0 Å². The molecule has 3 heterocycles. The molecule has 2 N–H and O–H groups in total. The molecule has 0 bridgehead atoms. The normalized spacial score (nSPS) is 10.8. The number of carbonyl (C=O) groups is 1. The highest BCUT2D eigenvalue weighted by Crippen LogP contribution is 2.37. The summed E-state index contributed by atoms with van der Waals surface area (Å²) in [6.45, 7) is 7.87. The molecular formula is C26H27N7O2. The van der Waals surface area contributed by atoms with Crippen molar-refractivity contribution in [2.45, 2.75) is 33.6 Å². The number of benzene rings is 1. The average molecular weight is 470 g/mol. The van der Waals surface area contributed by atoms with Crippen LogP contribution in [-0.4, -0.2) is 38.3 Å². The third-order valence-electron chi connectivity index (χ3n) is 5.31. The van der Waals surface area contributed by atoms with Crippen molar-refractivity contribution in [3.05, 3.63) is 71.7 Å². The van der Waals surface area contributed by atoms with Crippen LogP contribution in [0.1, 0.15) is 47.3 Å². The van der Waals surface area contributed by atoms with Crippen LogP contribution in [0.5, 0.6) is 5.75 Å². The number of ether oxygens (including phenoxy) is 1. The topological polar surface area (TPSA) is 115 Å². The third kappa shape index (κ3) is 5.40. The second kappa shape index (κ2) is 10.3. The molecule has 0 atom stereocenters. The van der Waals surface area contributed by atoms with Crippen molar-refractivity contribution in [3.8, 4) is 17.0 Å². The minimum absolute atomic E-state index is 0.290. The molecule has 0 spiro atoms. The quantitative estimate of drug-likeness (QED) is 0.328. The number of aldehydes is 1. The van der Waals surface area contributed by atoms with Crippen LogP contribution >= 0.6 is 0 Å². The lowest BCUT2D eigenvalue weighted by Gasteiger charge is -2.17. The van der Waals surface area contributed by atoms with Gasteiger partial charge in [-0.1, -0.05) is 19.9 Å². The van der Waals surface area contributed by atoms with Gasteiger partial charge in [-0.15, -0.1) is 0 Å². The van der Waals surface area contributed by atoms with Gasteiger partial charge >= 0.3 is 0 Å². The van der Waals surface area contributed by atoms with E-state index in [-0.39, 0.29) is 5.92 Å². The van der Waals surface area contributed by atoms with Crippen LogP contribution in [0.4, 0.5) is 23.0 Å². The van der Waals surface area contributed by atoms with Crippen LogP contribution in [0.25, 0.3) is 11.3 Å². The van der Waals surface area contributed by atoms with Gasteiger partial charge in [0.2, 0.25) is 0 Å². The number of nitrogens with zero attached hydrogens (tertiary/aromatic N) is 5. The largest absolute Gasteiger partial charge is 0.494 e. The Balaban J connectivity index is 1.68. The van der Waals surface area contributed by atoms with Crippen LogP contribution < -0.4 is 15.4 Å². The monoisotopic (exact) mass is 469 g/mol. The maximum absolute atomic E-state index is 11.7. The number of carbonyl (C=O) groups excluding carboxylic acids is 1. The van der Waals surface area contributed by atoms with Crippen LogP contribution in [0.2, 0.25) is 0 Å². The van der Waals surface area contributed by atoms with E-state index in [9.17, 15) is 4.79 Å². The first kappa shape index (κ1) is 23.7. The number of nitrogens with one attached hydrogen (secondary N) is 2. The van der Waals surface area contributed by atoms with E-state index in [2.05, 4.69) is 49.4 Å². The molecular weight excluding hydrogens is 442 g/mol. The Morgan fingerprint density at radius 1 is 0.914 bits per heavy atom. The van der Waals surface area contributed by atoms with Gasteiger partial charge in [0.25, 0.3) is 0 Å². The number of para-hydroxylation sites is 1. The van der Waals surface area contributed by atoms with Gasteiger partial charge in [-0.05, 0) is 31.9 Å². The van der Waals surface area contributed by atoms with Crippen molar-refractivity contribution in [2.24, 2.45) is 0 Å². The number of pyridine rings is 1. The third-order valence-corrected chi connectivity index (χ3v) is 5.31. The minimum atomic E-state index is 0.290. The van der Waals surface area contributed by atoms with Crippen molar-refractivity contribution >= 4 is 29.3 Å². The van der Waals surface area contributed by atoms with E-state index in [1.54, 1.807) is 25.6 Å². The minimum Gasteiger partial charge on any atom is -0.494 e. The van der Waals surface area contributed by atoms with Crippen molar-refractivity contribution in [1.82, 2.24) is 24.9 Å². The SMILES string of the molecule is COc1c(Nc2cc(Nc3cc(C)nc(C)n3)ncc2C=O)cccc1-c1cnc(C(C)C)cn1. The molecule has 0 aliphatic rings. The summed E-state index contributed by atoms with van der Waals surface area (Å²) in [5.41, 5.74) is 4.88. The Kier molecular flexibility index (Phi) is 6.96. The molecule has 4 aromatic rings. The number of hydrogen-bond acceptors (Lipinski definition) is 9. The second-order valence-electron chi connectivity index (χ2n) is 8.33. The van der Waals surface area contributed by atoms with Gasteiger partial charge in [-0.25, -0.2) is 15.0 Å². The van der Waals surface area contributed by atoms with E-state index in [0.717, 1.165) is 23.2 Å². The predicted octanol–water partition coefficient (Wildman–Crippen LogP) is 5.38. The molecule has 9 heteroatoms. The van der Waals surface area contributed by atoms with Gasteiger partial charge in [0.05, 0.1) is 41.6 Å². The molecule has 3 aromatic heterocycles. The molecule has 0 amide bonds. The van der Waals surface area contributed by atoms with Crippen LogP contribution in [0.15, 0.2) is 48.9 Å². The van der Waals surface area contributed by atoms with E-state index in [4.69, 9.17) is 4.74 Å². The zero-order chi connectivity index (χ0) is 24.9. The van der Waals surface area contributed by atoms with Gasteiger partial charge < -0.3 is 15.4 Å². The summed E-state index contributed by atoms with van der Waals surface area (Å²) in [6.07, 6.45) is 5.78. The van der Waals surface area contributed by atoms with E-state index >= 15 is 0 Å². The van der Waals surface area contributed by atoms with E-state index in [1.165, 1.54) is 6.20 Å². The van der Waals surface area contributed by atoms with Gasteiger partial charge in [-0.2, -0.15) is 0 Å². The lowest BCUT2D eigenvalue weighted by molar-refractivity contribution is 0.112. The lowest BCUT2D eigenvalue weighted by atomic mass is 10.1. The Bertz CT molecular complexity index is 1330.